The lowest BCUT2D eigenvalue weighted by atomic mass is 10.1. The summed E-state index contributed by atoms with van der Waals surface area (Å²) in [4.78, 5) is 11.9. The van der Waals surface area contributed by atoms with Gasteiger partial charge >= 0.3 is 0 Å². The molecule has 0 heterocycles. The van der Waals surface area contributed by atoms with Gasteiger partial charge in [-0.1, -0.05) is 60.7 Å². The van der Waals surface area contributed by atoms with E-state index in [9.17, 15) is 4.79 Å². The van der Waals surface area contributed by atoms with Crippen molar-refractivity contribution in [2.45, 2.75) is 13.0 Å². The van der Waals surface area contributed by atoms with Crippen LogP contribution in [-0.2, 0) is 0 Å². The maximum atomic E-state index is 11.9. The third-order valence-corrected chi connectivity index (χ3v) is 2.77. The number of benzene rings is 2. The Hall–Kier alpha value is -2.35. The molecule has 0 bridgehead atoms. The topological polar surface area (TPSA) is 29.1 Å². The Labute approximate surface area is 113 Å². The molecular formula is C17H17NO. The van der Waals surface area contributed by atoms with Crippen molar-refractivity contribution in [3.63, 3.8) is 0 Å². The monoisotopic (exact) mass is 251 g/mol. The molecule has 0 radical (unpaired) electrons. The van der Waals surface area contributed by atoms with Gasteiger partial charge in [-0.25, -0.2) is 0 Å². The first kappa shape index (κ1) is 13.1. The van der Waals surface area contributed by atoms with Crippen LogP contribution in [0.3, 0.4) is 0 Å². The number of amides is 1. The van der Waals surface area contributed by atoms with Gasteiger partial charge in [0.15, 0.2) is 0 Å². The van der Waals surface area contributed by atoms with E-state index >= 15 is 0 Å². The average Bonchev–Trinajstić information content (AvgIpc) is 2.47. The van der Waals surface area contributed by atoms with E-state index in [1.807, 2.05) is 79.7 Å². The second kappa shape index (κ2) is 6.55. The highest BCUT2D eigenvalue weighted by molar-refractivity contribution is 5.94. The van der Waals surface area contributed by atoms with Crippen LogP contribution in [0.5, 0.6) is 0 Å². The van der Waals surface area contributed by atoms with E-state index in [1.54, 1.807) is 0 Å². The number of nitrogens with one attached hydrogen (secondary N) is 1. The molecule has 0 unspecified atom stereocenters. The van der Waals surface area contributed by atoms with E-state index in [0.717, 1.165) is 5.56 Å². The van der Waals surface area contributed by atoms with E-state index in [-0.39, 0.29) is 11.9 Å². The maximum Gasteiger partial charge on any atom is 0.251 e. The van der Waals surface area contributed by atoms with Crippen molar-refractivity contribution < 1.29 is 4.79 Å². The van der Waals surface area contributed by atoms with Crippen LogP contribution in [0.15, 0.2) is 66.7 Å². The normalized spacial score (nSPS) is 12.3. The molecule has 0 saturated carbocycles. The van der Waals surface area contributed by atoms with Crippen LogP contribution in [0, 0.1) is 0 Å². The van der Waals surface area contributed by atoms with Gasteiger partial charge < -0.3 is 5.32 Å². The van der Waals surface area contributed by atoms with Crippen molar-refractivity contribution in [1.82, 2.24) is 5.32 Å². The second-order valence-electron chi connectivity index (χ2n) is 4.40. The Kier molecular flexibility index (Phi) is 4.51. The summed E-state index contributed by atoms with van der Waals surface area (Å²) in [6, 6.07) is 19.3. The molecule has 0 spiro atoms. The average molecular weight is 251 g/mol. The molecule has 1 N–H and O–H groups in total. The van der Waals surface area contributed by atoms with E-state index in [4.69, 9.17) is 0 Å². The molecule has 2 heteroatoms. The Morgan fingerprint density at radius 2 is 1.58 bits per heavy atom. The number of hydrogen-bond donors (Lipinski definition) is 1. The van der Waals surface area contributed by atoms with Gasteiger partial charge in [-0.15, -0.1) is 0 Å². The molecule has 0 aromatic heterocycles. The first-order valence-electron chi connectivity index (χ1n) is 6.35. The fraction of sp³-hybridized carbons (Fsp3) is 0.118. The molecule has 0 aliphatic heterocycles. The molecule has 96 valence electrons. The number of rotatable bonds is 4. The van der Waals surface area contributed by atoms with E-state index in [2.05, 4.69) is 5.32 Å². The van der Waals surface area contributed by atoms with Crippen LogP contribution in [0.4, 0.5) is 0 Å². The van der Waals surface area contributed by atoms with Crippen molar-refractivity contribution >= 4 is 12.0 Å². The quantitative estimate of drug-likeness (QED) is 0.885. The molecule has 19 heavy (non-hydrogen) atoms. The lowest BCUT2D eigenvalue weighted by Crippen LogP contribution is -2.30. The predicted octanol–water partition coefficient (Wildman–Crippen LogP) is 3.52. The summed E-state index contributed by atoms with van der Waals surface area (Å²) in [5, 5.41) is 2.94. The Balaban J connectivity index is 1.93. The molecule has 2 rings (SSSR count). The molecule has 1 amide bonds. The fourth-order valence-corrected chi connectivity index (χ4v) is 1.75. The zero-order valence-corrected chi connectivity index (χ0v) is 10.9. The standard InChI is InChI=1S/C17H17NO/c1-14(12-13-15-8-4-2-5-9-15)18-17(19)16-10-6-3-7-11-16/h2-14H,1H3,(H,18,19)/b13-12+/t14-/m0/s1. The molecule has 1 atom stereocenters. The summed E-state index contributed by atoms with van der Waals surface area (Å²) in [7, 11) is 0. The summed E-state index contributed by atoms with van der Waals surface area (Å²) in [5.74, 6) is -0.0502. The number of carbonyl (C=O) groups is 1. The summed E-state index contributed by atoms with van der Waals surface area (Å²) < 4.78 is 0. The summed E-state index contributed by atoms with van der Waals surface area (Å²) >= 11 is 0. The fourth-order valence-electron chi connectivity index (χ4n) is 1.75. The zero-order valence-electron chi connectivity index (χ0n) is 10.9. The minimum absolute atomic E-state index is 0.00656. The van der Waals surface area contributed by atoms with Gasteiger partial charge in [0.05, 0.1) is 0 Å². The molecule has 0 aliphatic carbocycles. The third kappa shape index (κ3) is 4.11. The van der Waals surface area contributed by atoms with E-state index in [0.29, 0.717) is 5.56 Å². The van der Waals surface area contributed by atoms with E-state index < -0.39 is 0 Å². The van der Waals surface area contributed by atoms with Crippen molar-refractivity contribution in [3.8, 4) is 0 Å². The molecular weight excluding hydrogens is 234 g/mol. The van der Waals surface area contributed by atoms with Gasteiger partial charge in [-0.05, 0) is 24.6 Å². The van der Waals surface area contributed by atoms with Crippen LogP contribution < -0.4 is 5.32 Å². The lowest BCUT2D eigenvalue weighted by Gasteiger charge is -2.09. The predicted molar refractivity (Wildman–Crippen MR) is 78.8 cm³/mol. The highest BCUT2D eigenvalue weighted by Gasteiger charge is 2.06. The lowest BCUT2D eigenvalue weighted by molar-refractivity contribution is 0.0947. The van der Waals surface area contributed by atoms with Gasteiger partial charge in [0, 0.05) is 11.6 Å². The van der Waals surface area contributed by atoms with Gasteiger partial charge in [0.2, 0.25) is 0 Å². The van der Waals surface area contributed by atoms with Gasteiger partial charge in [0.1, 0.15) is 0 Å². The summed E-state index contributed by atoms with van der Waals surface area (Å²) in [6.07, 6.45) is 3.99. The van der Waals surface area contributed by atoms with Crippen LogP contribution in [-0.4, -0.2) is 11.9 Å². The summed E-state index contributed by atoms with van der Waals surface area (Å²) in [6.45, 7) is 1.96. The summed E-state index contributed by atoms with van der Waals surface area (Å²) in [5.41, 5.74) is 1.81. The van der Waals surface area contributed by atoms with E-state index in [1.165, 1.54) is 0 Å². The van der Waals surface area contributed by atoms with Crippen molar-refractivity contribution in [1.29, 1.82) is 0 Å². The molecule has 0 aliphatic rings. The first-order chi connectivity index (χ1) is 9.25. The highest BCUT2D eigenvalue weighted by Crippen LogP contribution is 2.03. The van der Waals surface area contributed by atoms with Crippen LogP contribution in [0.25, 0.3) is 6.08 Å². The molecule has 0 fully saturated rings. The van der Waals surface area contributed by atoms with Gasteiger partial charge in [-0.2, -0.15) is 0 Å². The zero-order chi connectivity index (χ0) is 13.5. The molecule has 2 aromatic carbocycles. The first-order valence-corrected chi connectivity index (χ1v) is 6.35. The largest absolute Gasteiger partial charge is 0.346 e. The highest BCUT2D eigenvalue weighted by atomic mass is 16.1. The van der Waals surface area contributed by atoms with Crippen molar-refractivity contribution in [2.24, 2.45) is 0 Å². The maximum absolute atomic E-state index is 11.9. The van der Waals surface area contributed by atoms with Crippen LogP contribution in [0.2, 0.25) is 0 Å². The van der Waals surface area contributed by atoms with Crippen LogP contribution >= 0.6 is 0 Å². The van der Waals surface area contributed by atoms with Crippen molar-refractivity contribution in [3.05, 3.63) is 77.9 Å². The number of hydrogen-bond acceptors (Lipinski definition) is 1. The minimum Gasteiger partial charge on any atom is -0.346 e. The molecule has 2 nitrogen and oxygen atoms in total. The second-order valence-corrected chi connectivity index (χ2v) is 4.40. The van der Waals surface area contributed by atoms with Gasteiger partial charge in [-0.3, -0.25) is 4.79 Å². The van der Waals surface area contributed by atoms with Gasteiger partial charge in [0.25, 0.3) is 5.91 Å². The minimum atomic E-state index is -0.0502. The van der Waals surface area contributed by atoms with Crippen molar-refractivity contribution in [2.75, 3.05) is 0 Å². The molecule has 2 aromatic rings. The smallest absolute Gasteiger partial charge is 0.251 e. The Bertz CT molecular complexity index is 546. The van der Waals surface area contributed by atoms with Crippen LogP contribution in [0.1, 0.15) is 22.8 Å². The SMILES string of the molecule is C[C@@H](/C=C/c1ccccc1)NC(=O)c1ccccc1. The Morgan fingerprint density at radius 1 is 1.00 bits per heavy atom. The number of carbonyl (C=O) groups excluding carboxylic acids is 1. The Morgan fingerprint density at radius 3 is 2.21 bits per heavy atom. The third-order valence-electron chi connectivity index (χ3n) is 2.77. The molecule has 0 saturated heterocycles.